The molecule has 0 aliphatic rings. The molecular formula is C9H11N3O2. The van der Waals surface area contributed by atoms with Crippen LogP contribution in [0, 0.1) is 0 Å². The Hall–Kier alpha value is -1.91. The fourth-order valence-electron chi connectivity index (χ4n) is 0.815. The third kappa shape index (κ3) is 3.66. The molecule has 0 aliphatic carbocycles. The fourth-order valence-corrected chi connectivity index (χ4v) is 0.815. The molecule has 14 heavy (non-hydrogen) atoms. The number of aromatic nitrogens is 1. The number of anilines is 1. The van der Waals surface area contributed by atoms with Gasteiger partial charge in [0.05, 0.1) is 6.54 Å². The van der Waals surface area contributed by atoms with E-state index in [4.69, 9.17) is 0 Å². The van der Waals surface area contributed by atoms with Crippen LogP contribution in [-0.4, -0.2) is 23.3 Å². The second kappa shape index (κ2) is 4.96. The van der Waals surface area contributed by atoms with E-state index in [0.717, 1.165) is 0 Å². The van der Waals surface area contributed by atoms with Gasteiger partial charge in [-0.2, -0.15) is 0 Å². The first-order valence-electron chi connectivity index (χ1n) is 4.13. The lowest BCUT2D eigenvalue weighted by Gasteiger charge is -2.04. The number of nitrogens with one attached hydrogen (secondary N) is 2. The highest BCUT2D eigenvalue weighted by Gasteiger charge is 2.01. The quantitative estimate of drug-likeness (QED) is 0.745. The van der Waals surface area contributed by atoms with E-state index in [1.54, 1.807) is 24.5 Å². The molecule has 1 rings (SSSR count). The summed E-state index contributed by atoms with van der Waals surface area (Å²) in [4.78, 5) is 25.5. The number of hydrogen-bond acceptors (Lipinski definition) is 3. The van der Waals surface area contributed by atoms with Gasteiger partial charge in [-0.15, -0.1) is 0 Å². The lowest BCUT2D eigenvalue weighted by atomic mass is 10.4. The van der Waals surface area contributed by atoms with Gasteiger partial charge in [-0.25, -0.2) is 4.79 Å². The summed E-state index contributed by atoms with van der Waals surface area (Å²) < 4.78 is 0. The van der Waals surface area contributed by atoms with Crippen molar-refractivity contribution in [3.05, 3.63) is 24.5 Å². The van der Waals surface area contributed by atoms with Gasteiger partial charge in [0.25, 0.3) is 0 Å². The van der Waals surface area contributed by atoms with Gasteiger partial charge in [-0.1, -0.05) is 0 Å². The lowest BCUT2D eigenvalue weighted by molar-refractivity contribution is -0.116. The van der Waals surface area contributed by atoms with Crippen LogP contribution in [0.15, 0.2) is 24.5 Å². The molecule has 2 N–H and O–H groups in total. The van der Waals surface area contributed by atoms with Crippen molar-refractivity contribution in [2.45, 2.75) is 6.92 Å². The van der Waals surface area contributed by atoms with Crippen LogP contribution in [0.25, 0.3) is 0 Å². The molecular weight excluding hydrogens is 182 g/mol. The van der Waals surface area contributed by atoms with Crippen LogP contribution >= 0.6 is 0 Å². The molecule has 0 unspecified atom stereocenters. The van der Waals surface area contributed by atoms with Gasteiger partial charge in [0.1, 0.15) is 5.78 Å². The smallest absolute Gasteiger partial charge is 0.319 e. The van der Waals surface area contributed by atoms with Crippen LogP contribution in [0.5, 0.6) is 0 Å². The highest BCUT2D eigenvalue weighted by atomic mass is 16.2. The molecule has 0 saturated heterocycles. The Bertz CT molecular complexity index is 324. The third-order valence-electron chi connectivity index (χ3n) is 1.44. The lowest BCUT2D eigenvalue weighted by Crippen LogP contribution is -2.32. The van der Waals surface area contributed by atoms with Gasteiger partial charge < -0.3 is 10.6 Å². The largest absolute Gasteiger partial charge is 0.331 e. The third-order valence-corrected chi connectivity index (χ3v) is 1.44. The van der Waals surface area contributed by atoms with Crippen LogP contribution in [-0.2, 0) is 4.79 Å². The van der Waals surface area contributed by atoms with E-state index >= 15 is 0 Å². The average Bonchev–Trinajstić information content (AvgIpc) is 2.16. The van der Waals surface area contributed by atoms with Crippen molar-refractivity contribution >= 4 is 17.5 Å². The van der Waals surface area contributed by atoms with Crippen molar-refractivity contribution in [3.63, 3.8) is 0 Å². The second-order valence-corrected chi connectivity index (χ2v) is 2.75. The Balaban J connectivity index is 2.38. The first kappa shape index (κ1) is 10.2. The Labute approximate surface area is 81.5 Å². The molecule has 0 fully saturated rings. The molecule has 0 aromatic carbocycles. The number of pyridine rings is 1. The van der Waals surface area contributed by atoms with Crippen LogP contribution < -0.4 is 10.6 Å². The van der Waals surface area contributed by atoms with Crippen molar-refractivity contribution in [2.75, 3.05) is 11.9 Å². The summed E-state index contributed by atoms with van der Waals surface area (Å²) in [7, 11) is 0. The number of ketones is 1. The van der Waals surface area contributed by atoms with Crippen molar-refractivity contribution < 1.29 is 9.59 Å². The van der Waals surface area contributed by atoms with Gasteiger partial charge >= 0.3 is 6.03 Å². The topological polar surface area (TPSA) is 71.1 Å². The standard InChI is InChI=1S/C9H11N3O2/c1-7(13)6-11-9(14)12-8-2-4-10-5-3-8/h2-5H,6H2,1H3,(H2,10,11,12,14). The molecule has 1 aromatic heterocycles. The molecule has 1 aromatic rings. The van der Waals surface area contributed by atoms with Gasteiger partial charge in [0.15, 0.2) is 0 Å². The fraction of sp³-hybridized carbons (Fsp3) is 0.222. The van der Waals surface area contributed by atoms with E-state index in [1.807, 2.05) is 0 Å². The molecule has 2 amide bonds. The zero-order valence-electron chi connectivity index (χ0n) is 7.78. The Morgan fingerprint density at radius 1 is 1.36 bits per heavy atom. The molecule has 0 saturated carbocycles. The molecule has 5 nitrogen and oxygen atoms in total. The zero-order chi connectivity index (χ0) is 10.4. The summed E-state index contributed by atoms with van der Waals surface area (Å²) in [6.45, 7) is 1.45. The van der Waals surface area contributed by atoms with Crippen LogP contribution in [0.3, 0.4) is 0 Å². The van der Waals surface area contributed by atoms with Gasteiger partial charge in [0, 0.05) is 18.1 Å². The summed E-state index contributed by atoms with van der Waals surface area (Å²) >= 11 is 0. The predicted molar refractivity (Wildman–Crippen MR) is 51.9 cm³/mol. The van der Waals surface area contributed by atoms with E-state index in [0.29, 0.717) is 5.69 Å². The van der Waals surface area contributed by atoms with E-state index in [-0.39, 0.29) is 12.3 Å². The first-order valence-corrected chi connectivity index (χ1v) is 4.13. The summed E-state index contributed by atoms with van der Waals surface area (Å²) in [6, 6.07) is 2.92. The molecule has 0 aliphatic heterocycles. The molecule has 0 radical (unpaired) electrons. The highest BCUT2D eigenvalue weighted by Crippen LogP contribution is 2.01. The van der Waals surface area contributed by atoms with E-state index < -0.39 is 6.03 Å². The van der Waals surface area contributed by atoms with Gasteiger partial charge in [-0.3, -0.25) is 9.78 Å². The van der Waals surface area contributed by atoms with Crippen molar-refractivity contribution in [2.24, 2.45) is 0 Å². The van der Waals surface area contributed by atoms with Crippen LogP contribution in [0.4, 0.5) is 10.5 Å². The van der Waals surface area contributed by atoms with Crippen molar-refractivity contribution in [1.29, 1.82) is 0 Å². The van der Waals surface area contributed by atoms with Crippen molar-refractivity contribution in [1.82, 2.24) is 10.3 Å². The number of amides is 2. The predicted octanol–water partition coefficient (Wildman–Crippen LogP) is 0.792. The first-order chi connectivity index (χ1) is 6.68. The number of Topliss-reactive ketones (excluding diaryl/α,β-unsaturated/α-hetero) is 1. The van der Waals surface area contributed by atoms with E-state index in [2.05, 4.69) is 15.6 Å². The Morgan fingerprint density at radius 3 is 2.57 bits per heavy atom. The summed E-state index contributed by atoms with van der Waals surface area (Å²) in [5.41, 5.74) is 0.640. The summed E-state index contributed by atoms with van der Waals surface area (Å²) in [5, 5.41) is 4.97. The monoisotopic (exact) mass is 193 g/mol. The van der Waals surface area contributed by atoms with Crippen molar-refractivity contribution in [3.8, 4) is 0 Å². The summed E-state index contributed by atoms with van der Waals surface area (Å²) in [6.07, 6.45) is 3.14. The van der Waals surface area contributed by atoms with E-state index in [9.17, 15) is 9.59 Å². The van der Waals surface area contributed by atoms with Gasteiger partial charge in [0.2, 0.25) is 0 Å². The molecule has 1 heterocycles. The van der Waals surface area contributed by atoms with Crippen LogP contribution in [0.1, 0.15) is 6.92 Å². The number of hydrogen-bond donors (Lipinski definition) is 2. The number of nitrogens with zero attached hydrogens (tertiary/aromatic N) is 1. The normalized spacial score (nSPS) is 9.21. The molecule has 0 bridgehead atoms. The average molecular weight is 193 g/mol. The minimum atomic E-state index is -0.397. The number of carbonyl (C=O) groups excluding carboxylic acids is 2. The maximum absolute atomic E-state index is 11.1. The number of carbonyl (C=O) groups is 2. The maximum Gasteiger partial charge on any atom is 0.319 e. The Morgan fingerprint density at radius 2 is 2.00 bits per heavy atom. The zero-order valence-corrected chi connectivity index (χ0v) is 7.78. The molecule has 0 atom stereocenters. The minimum Gasteiger partial charge on any atom is -0.331 e. The SMILES string of the molecule is CC(=O)CNC(=O)Nc1ccncc1. The van der Waals surface area contributed by atoms with Gasteiger partial charge in [-0.05, 0) is 19.1 Å². The van der Waals surface area contributed by atoms with Crippen LogP contribution in [0.2, 0.25) is 0 Å². The molecule has 5 heteroatoms. The maximum atomic E-state index is 11.1. The Kier molecular flexibility index (Phi) is 3.60. The number of rotatable bonds is 3. The molecule has 0 spiro atoms. The number of urea groups is 1. The minimum absolute atomic E-state index is 0.0386. The summed E-state index contributed by atoms with van der Waals surface area (Å²) in [5.74, 6) is -0.0881. The highest BCUT2D eigenvalue weighted by molar-refractivity contribution is 5.92. The second-order valence-electron chi connectivity index (χ2n) is 2.75. The van der Waals surface area contributed by atoms with E-state index in [1.165, 1.54) is 6.92 Å². The molecule has 74 valence electrons.